The van der Waals surface area contributed by atoms with Crippen LogP contribution in [0.15, 0.2) is 35.5 Å². The molecule has 2 aliphatic rings. The molecule has 0 bridgehead atoms. The maximum absolute atomic E-state index is 13.9. The van der Waals surface area contributed by atoms with Crippen molar-refractivity contribution in [2.75, 3.05) is 13.2 Å². The highest BCUT2D eigenvalue weighted by atomic mass is 35.5. The fourth-order valence-electron chi connectivity index (χ4n) is 4.89. The molecule has 0 amide bonds. The first-order valence-corrected chi connectivity index (χ1v) is 11.0. The number of hydrogen-bond donors (Lipinski definition) is 1. The number of aromatic nitrogens is 6. The van der Waals surface area contributed by atoms with Crippen molar-refractivity contribution in [1.82, 2.24) is 34.3 Å². The van der Waals surface area contributed by atoms with Crippen molar-refractivity contribution in [3.63, 3.8) is 0 Å². The Hall–Kier alpha value is -2.75. The number of fused-ring (bicyclic) bond motifs is 3. The van der Waals surface area contributed by atoms with Crippen LogP contribution in [0.1, 0.15) is 44.0 Å². The van der Waals surface area contributed by atoms with Crippen LogP contribution in [0, 0.1) is 0 Å². The van der Waals surface area contributed by atoms with Crippen molar-refractivity contribution >= 4 is 28.2 Å². The molecular formula is C21H22ClN7O2. The number of ether oxygens (including phenoxy) is 1. The largest absolute Gasteiger partial charge is 0.376 e. The summed E-state index contributed by atoms with van der Waals surface area (Å²) in [6.45, 7) is 3.58. The molecule has 3 aromatic heterocycles. The van der Waals surface area contributed by atoms with Gasteiger partial charge in [0.2, 0.25) is 0 Å². The van der Waals surface area contributed by atoms with Gasteiger partial charge < -0.3 is 10.1 Å². The van der Waals surface area contributed by atoms with Gasteiger partial charge in [0.05, 0.1) is 40.4 Å². The minimum absolute atomic E-state index is 0.0857. The number of imidazole rings is 1. The molecule has 0 aliphatic carbocycles. The third-order valence-corrected chi connectivity index (χ3v) is 6.75. The number of halogens is 1. The maximum Gasteiger partial charge on any atom is 0.279 e. The fraction of sp³-hybridized carbons (Fsp3) is 0.429. The van der Waals surface area contributed by atoms with Crippen LogP contribution in [-0.2, 0) is 4.74 Å². The molecule has 10 heteroatoms. The van der Waals surface area contributed by atoms with Crippen LogP contribution < -0.4 is 10.9 Å². The van der Waals surface area contributed by atoms with Gasteiger partial charge in [0.1, 0.15) is 12.0 Å². The van der Waals surface area contributed by atoms with E-state index in [4.69, 9.17) is 16.3 Å². The third-order valence-electron chi connectivity index (χ3n) is 6.45. The molecule has 9 nitrogen and oxygen atoms in total. The summed E-state index contributed by atoms with van der Waals surface area (Å²) in [6, 6.07) is 5.73. The van der Waals surface area contributed by atoms with Gasteiger partial charge in [-0.3, -0.25) is 13.8 Å². The summed E-state index contributed by atoms with van der Waals surface area (Å²) >= 11 is 6.59. The first kappa shape index (κ1) is 19.0. The van der Waals surface area contributed by atoms with Crippen LogP contribution in [-0.4, -0.2) is 48.2 Å². The summed E-state index contributed by atoms with van der Waals surface area (Å²) < 4.78 is 11.0. The van der Waals surface area contributed by atoms with Crippen molar-refractivity contribution in [2.45, 2.75) is 44.4 Å². The van der Waals surface area contributed by atoms with Crippen LogP contribution >= 0.6 is 11.6 Å². The summed E-state index contributed by atoms with van der Waals surface area (Å²) in [5, 5.41) is 12.6. The van der Waals surface area contributed by atoms with Gasteiger partial charge in [-0.05, 0) is 44.9 Å². The molecule has 0 radical (unpaired) electrons. The van der Waals surface area contributed by atoms with E-state index in [2.05, 4.69) is 20.6 Å². The fourth-order valence-corrected chi connectivity index (χ4v) is 5.15. The van der Waals surface area contributed by atoms with Gasteiger partial charge in [0.15, 0.2) is 11.3 Å². The van der Waals surface area contributed by atoms with Gasteiger partial charge in [-0.2, -0.15) is 4.68 Å². The molecule has 6 rings (SSSR count). The van der Waals surface area contributed by atoms with Crippen LogP contribution in [0.2, 0.25) is 5.02 Å². The van der Waals surface area contributed by atoms with E-state index in [9.17, 15) is 4.79 Å². The molecule has 4 aromatic rings. The van der Waals surface area contributed by atoms with Crippen molar-refractivity contribution in [2.24, 2.45) is 0 Å². The summed E-state index contributed by atoms with van der Waals surface area (Å²) in [4.78, 5) is 18.4. The molecule has 3 atom stereocenters. The Bertz CT molecular complexity index is 1350. The minimum Gasteiger partial charge on any atom is -0.376 e. The highest BCUT2D eigenvalue weighted by Crippen LogP contribution is 2.32. The molecule has 31 heavy (non-hydrogen) atoms. The number of rotatable bonds is 3. The predicted molar refractivity (Wildman–Crippen MR) is 116 cm³/mol. The molecule has 160 valence electrons. The second kappa shape index (κ2) is 7.15. The van der Waals surface area contributed by atoms with E-state index in [0.29, 0.717) is 28.5 Å². The van der Waals surface area contributed by atoms with Crippen molar-refractivity contribution in [3.05, 3.63) is 51.8 Å². The Morgan fingerprint density at radius 1 is 1.26 bits per heavy atom. The van der Waals surface area contributed by atoms with E-state index >= 15 is 0 Å². The molecule has 1 N–H and O–H groups in total. The Morgan fingerprint density at radius 3 is 2.94 bits per heavy atom. The van der Waals surface area contributed by atoms with E-state index < -0.39 is 0 Å². The van der Waals surface area contributed by atoms with Crippen LogP contribution in [0.3, 0.4) is 0 Å². The number of hydrogen-bond acceptors (Lipinski definition) is 6. The van der Waals surface area contributed by atoms with Gasteiger partial charge in [0, 0.05) is 6.61 Å². The average Bonchev–Trinajstić information content (AvgIpc) is 3.55. The number of nitrogens with zero attached hydrogens (tertiary/aromatic N) is 6. The molecule has 3 unspecified atom stereocenters. The van der Waals surface area contributed by atoms with Crippen LogP contribution in [0.4, 0.5) is 0 Å². The zero-order chi connectivity index (χ0) is 21.1. The van der Waals surface area contributed by atoms with E-state index in [1.54, 1.807) is 20.0 Å². The number of nitrogens with one attached hydrogen (secondary N) is 1. The monoisotopic (exact) mass is 439 g/mol. The molecule has 5 heterocycles. The average molecular weight is 440 g/mol. The third kappa shape index (κ3) is 2.84. The summed E-state index contributed by atoms with van der Waals surface area (Å²) in [5.74, 6) is 0.462. The van der Waals surface area contributed by atoms with Crippen LogP contribution in [0.25, 0.3) is 22.4 Å². The smallest absolute Gasteiger partial charge is 0.279 e. The Morgan fingerprint density at radius 2 is 2.16 bits per heavy atom. The summed E-state index contributed by atoms with van der Waals surface area (Å²) in [5.41, 5.74) is 2.66. The number of benzene rings is 1. The van der Waals surface area contributed by atoms with E-state index in [1.807, 2.05) is 31.3 Å². The zero-order valence-corrected chi connectivity index (χ0v) is 17.8. The Labute approximate surface area is 182 Å². The minimum atomic E-state index is -0.161. The maximum atomic E-state index is 13.9. The van der Waals surface area contributed by atoms with E-state index in [-0.39, 0.29) is 23.7 Å². The van der Waals surface area contributed by atoms with Gasteiger partial charge in [-0.25, -0.2) is 4.98 Å². The second-order valence-electron chi connectivity index (χ2n) is 8.24. The van der Waals surface area contributed by atoms with Gasteiger partial charge in [-0.1, -0.05) is 22.9 Å². The Kier molecular flexibility index (Phi) is 4.38. The standard InChI is InChI=1S/C21H22ClN7O2/c1-12-16(7-9-31-12)29-18-13(22)4-2-6-17(18)27-11-24-20(19(27)21(29)30)28-10-15(25-26-28)14-5-3-8-23-14/h2,4,6,10-12,14,16,23H,3,5,7-9H2,1H3. The quantitative estimate of drug-likeness (QED) is 0.527. The lowest BCUT2D eigenvalue weighted by Crippen LogP contribution is -2.31. The molecule has 2 fully saturated rings. The van der Waals surface area contributed by atoms with Gasteiger partial charge in [-0.15, -0.1) is 5.10 Å². The SMILES string of the molecule is CC1OCCC1n1c(=O)c2c(-n3cc(C4CCCN4)nn3)ncn2c2cccc(Cl)c21. The second-order valence-corrected chi connectivity index (χ2v) is 8.65. The number of para-hydroxylation sites is 1. The van der Waals surface area contributed by atoms with E-state index in [0.717, 1.165) is 37.0 Å². The lowest BCUT2D eigenvalue weighted by molar-refractivity contribution is 0.108. The normalized spacial score (nSPS) is 24.0. The van der Waals surface area contributed by atoms with Crippen molar-refractivity contribution in [1.29, 1.82) is 0 Å². The van der Waals surface area contributed by atoms with Crippen LogP contribution in [0.5, 0.6) is 0 Å². The molecular weight excluding hydrogens is 418 g/mol. The molecule has 2 aliphatic heterocycles. The first-order valence-electron chi connectivity index (χ1n) is 10.6. The van der Waals surface area contributed by atoms with Gasteiger partial charge in [0.25, 0.3) is 5.56 Å². The summed E-state index contributed by atoms with van der Waals surface area (Å²) in [7, 11) is 0. The highest BCUT2D eigenvalue weighted by molar-refractivity contribution is 6.35. The zero-order valence-electron chi connectivity index (χ0n) is 17.0. The van der Waals surface area contributed by atoms with Crippen molar-refractivity contribution < 1.29 is 4.74 Å². The van der Waals surface area contributed by atoms with E-state index in [1.165, 1.54) is 0 Å². The molecule has 1 aromatic carbocycles. The predicted octanol–water partition coefficient (Wildman–Crippen LogP) is 2.66. The lowest BCUT2D eigenvalue weighted by Gasteiger charge is -2.21. The Balaban J connectivity index is 1.61. The molecule has 0 saturated carbocycles. The molecule has 0 spiro atoms. The van der Waals surface area contributed by atoms with Crippen molar-refractivity contribution in [3.8, 4) is 5.82 Å². The highest BCUT2D eigenvalue weighted by Gasteiger charge is 2.31. The van der Waals surface area contributed by atoms with Gasteiger partial charge >= 0.3 is 0 Å². The molecule has 2 saturated heterocycles. The first-order chi connectivity index (χ1) is 15.1. The summed E-state index contributed by atoms with van der Waals surface area (Å²) in [6.07, 6.45) is 6.32. The topological polar surface area (TPSA) is 91.3 Å². The lowest BCUT2D eigenvalue weighted by atomic mass is 10.1.